The van der Waals surface area contributed by atoms with Crippen molar-refractivity contribution in [3.05, 3.63) is 77.5 Å². The van der Waals surface area contributed by atoms with Crippen molar-refractivity contribution in [1.82, 2.24) is 9.97 Å². The van der Waals surface area contributed by atoms with Crippen LogP contribution < -0.4 is 0 Å². The maximum atomic E-state index is 13.8. The number of benzene rings is 2. The van der Waals surface area contributed by atoms with Crippen LogP contribution in [0.15, 0.2) is 65.1 Å². The number of furan rings is 1. The molecule has 4 rings (SSSR count). The van der Waals surface area contributed by atoms with E-state index in [2.05, 4.69) is 9.97 Å². The number of alkyl halides is 6. The largest absolute Gasteiger partial charge is 0.453 e. The molecule has 0 fully saturated rings. The Bertz CT molecular complexity index is 1190. The van der Waals surface area contributed by atoms with E-state index >= 15 is 0 Å². The molecule has 0 aliphatic carbocycles. The number of nitrogens with one attached hydrogen (secondary N) is 1. The number of aromatic amines is 1. The number of H-pyrrole nitrogens is 1. The minimum atomic E-state index is -4.77. The summed E-state index contributed by atoms with van der Waals surface area (Å²) in [5.74, 6) is 0.688. The maximum absolute atomic E-state index is 13.8. The standard InChI is InChI=1S/C22H14F5IN2O/c1-12-19(13-5-3-2-4-6-13)30-20(29-12)18-8-7-17(31-18)14-9-15(21(23,24)25)11-16(10-14)22(26,27)28/h2-11H,1H3,(H,29,30). The number of halogens is 6. The van der Waals surface area contributed by atoms with Crippen molar-refractivity contribution in [3.8, 4) is 34.2 Å². The maximum Gasteiger partial charge on any atom is 0.416 e. The fourth-order valence-electron chi connectivity index (χ4n) is 3.18. The predicted molar refractivity (Wildman–Crippen MR) is 115 cm³/mol. The zero-order valence-electron chi connectivity index (χ0n) is 15.9. The first-order chi connectivity index (χ1) is 14.5. The highest BCUT2D eigenvalue weighted by Gasteiger charge is 2.35. The Labute approximate surface area is 187 Å². The van der Waals surface area contributed by atoms with Gasteiger partial charge in [0.1, 0.15) is 5.76 Å². The average molecular weight is 544 g/mol. The van der Waals surface area contributed by atoms with E-state index in [1.165, 1.54) is 12.1 Å². The summed E-state index contributed by atoms with van der Waals surface area (Å²) >= 11 is 0.803. The number of nitrogens with zero attached hydrogens (tertiary/aromatic N) is 1. The Morgan fingerprint density at radius 3 is 2.13 bits per heavy atom. The Balaban J connectivity index is 1.75. The van der Waals surface area contributed by atoms with Crippen molar-refractivity contribution in [2.45, 2.75) is 17.0 Å². The summed E-state index contributed by atoms with van der Waals surface area (Å²) in [7, 11) is 0. The van der Waals surface area contributed by atoms with Gasteiger partial charge in [-0.15, -0.1) is 0 Å². The molecule has 3 nitrogen and oxygen atoms in total. The van der Waals surface area contributed by atoms with E-state index in [4.69, 9.17) is 4.42 Å². The lowest BCUT2D eigenvalue weighted by Crippen LogP contribution is -2.09. The van der Waals surface area contributed by atoms with Crippen LogP contribution in [0.5, 0.6) is 0 Å². The van der Waals surface area contributed by atoms with Gasteiger partial charge in [-0.05, 0) is 42.8 Å². The van der Waals surface area contributed by atoms with E-state index in [1.54, 1.807) is 0 Å². The number of aromatic nitrogens is 2. The zero-order chi connectivity index (χ0) is 22.4. The van der Waals surface area contributed by atoms with Gasteiger partial charge in [0.15, 0.2) is 11.6 Å². The Kier molecular flexibility index (Phi) is 5.40. The molecule has 0 saturated carbocycles. The van der Waals surface area contributed by atoms with Crippen LogP contribution in [-0.2, 0) is 10.1 Å². The van der Waals surface area contributed by atoms with Crippen molar-refractivity contribution < 1.29 is 26.4 Å². The third kappa shape index (κ3) is 4.51. The molecular weight excluding hydrogens is 530 g/mol. The molecule has 0 saturated heterocycles. The Hall–Kier alpha value is -2.69. The van der Waals surface area contributed by atoms with Gasteiger partial charge < -0.3 is 9.40 Å². The highest BCUT2D eigenvalue weighted by molar-refractivity contribution is 14.1. The molecule has 0 atom stereocenters. The van der Waals surface area contributed by atoms with Crippen LogP contribution in [0.3, 0.4) is 0 Å². The summed E-state index contributed by atoms with van der Waals surface area (Å²) in [5, 5.41) is 0. The fraction of sp³-hybridized carbons (Fsp3) is 0.136. The van der Waals surface area contributed by atoms with Crippen LogP contribution in [0.25, 0.3) is 34.2 Å². The van der Waals surface area contributed by atoms with E-state index in [0.717, 1.165) is 46.0 Å². The molecule has 160 valence electrons. The monoisotopic (exact) mass is 544 g/mol. The molecule has 2 aromatic carbocycles. The van der Waals surface area contributed by atoms with Crippen LogP contribution >= 0.6 is 22.6 Å². The SMILES string of the molecule is Cc1nc(-c2ccc(-c3cc(C(F)(F)F)cc(C(F)(F)I)c3)o2)[nH]c1-c1ccccc1. The highest BCUT2D eigenvalue weighted by atomic mass is 127. The second-order valence-corrected chi connectivity index (χ2v) is 8.23. The fourth-order valence-corrected chi connectivity index (χ4v) is 3.49. The van der Waals surface area contributed by atoms with Gasteiger partial charge in [0, 0.05) is 33.7 Å². The van der Waals surface area contributed by atoms with Crippen molar-refractivity contribution in [1.29, 1.82) is 0 Å². The summed E-state index contributed by atoms with van der Waals surface area (Å²) in [5.41, 5.74) is 0.381. The van der Waals surface area contributed by atoms with Gasteiger partial charge in [-0.25, -0.2) is 4.98 Å². The molecular formula is C22H14F5IN2O. The molecule has 0 aliphatic rings. The molecule has 0 radical (unpaired) electrons. The lowest BCUT2D eigenvalue weighted by atomic mass is 10.0. The number of aryl methyl sites for hydroxylation is 1. The quantitative estimate of drug-likeness (QED) is 0.162. The van der Waals surface area contributed by atoms with Crippen LogP contribution in [0.4, 0.5) is 22.0 Å². The number of rotatable bonds is 4. The first-order valence-corrected chi connectivity index (χ1v) is 10.1. The van der Waals surface area contributed by atoms with Crippen LogP contribution in [0.2, 0.25) is 0 Å². The van der Waals surface area contributed by atoms with Gasteiger partial charge in [-0.2, -0.15) is 22.0 Å². The normalized spacial score (nSPS) is 12.4. The van der Waals surface area contributed by atoms with Gasteiger partial charge in [0.25, 0.3) is 0 Å². The topological polar surface area (TPSA) is 41.8 Å². The summed E-state index contributed by atoms with van der Waals surface area (Å²) < 4.78 is 69.5. The predicted octanol–water partition coefficient (Wildman–Crippen LogP) is 7.82. The summed E-state index contributed by atoms with van der Waals surface area (Å²) in [4.78, 5) is 7.57. The smallest absolute Gasteiger partial charge is 0.416 e. The van der Waals surface area contributed by atoms with Crippen LogP contribution in [0, 0.1) is 6.92 Å². The molecule has 0 spiro atoms. The summed E-state index contributed by atoms with van der Waals surface area (Å²) in [6, 6.07) is 14.7. The van der Waals surface area contributed by atoms with Crippen molar-refractivity contribution in [3.63, 3.8) is 0 Å². The van der Waals surface area contributed by atoms with Gasteiger partial charge in [-0.3, -0.25) is 0 Å². The summed E-state index contributed by atoms with van der Waals surface area (Å²) in [6.45, 7) is 1.81. The minimum Gasteiger partial charge on any atom is -0.453 e. The highest BCUT2D eigenvalue weighted by Crippen LogP contribution is 2.41. The first kappa shape index (κ1) is 21.5. The van der Waals surface area contributed by atoms with Gasteiger partial charge in [0.2, 0.25) is 0 Å². The first-order valence-electron chi connectivity index (χ1n) is 9.04. The van der Waals surface area contributed by atoms with Crippen LogP contribution in [0.1, 0.15) is 16.8 Å². The molecule has 9 heteroatoms. The van der Waals surface area contributed by atoms with E-state index in [0.29, 0.717) is 17.6 Å². The van der Waals surface area contributed by atoms with Crippen LogP contribution in [-0.4, -0.2) is 9.97 Å². The minimum absolute atomic E-state index is 0.0262. The molecule has 2 heterocycles. The molecule has 0 bridgehead atoms. The van der Waals surface area contributed by atoms with Crippen molar-refractivity contribution in [2.24, 2.45) is 0 Å². The molecule has 0 amide bonds. The molecule has 1 N–H and O–H groups in total. The third-order valence-corrected chi connectivity index (χ3v) is 5.28. The number of imidazole rings is 1. The lowest BCUT2D eigenvalue weighted by molar-refractivity contribution is -0.137. The average Bonchev–Trinajstić information content (AvgIpc) is 3.34. The molecule has 0 aliphatic heterocycles. The van der Waals surface area contributed by atoms with Gasteiger partial charge >= 0.3 is 10.1 Å². The number of hydrogen-bond acceptors (Lipinski definition) is 2. The zero-order valence-corrected chi connectivity index (χ0v) is 18.1. The van der Waals surface area contributed by atoms with Gasteiger partial charge in [0.05, 0.1) is 17.0 Å². The Morgan fingerprint density at radius 1 is 0.839 bits per heavy atom. The van der Waals surface area contributed by atoms with Crippen molar-refractivity contribution >= 4 is 22.6 Å². The van der Waals surface area contributed by atoms with E-state index in [-0.39, 0.29) is 17.1 Å². The summed E-state index contributed by atoms with van der Waals surface area (Å²) in [6.07, 6.45) is -4.77. The van der Waals surface area contributed by atoms with Gasteiger partial charge in [-0.1, -0.05) is 30.3 Å². The lowest BCUT2D eigenvalue weighted by Gasteiger charge is -2.14. The van der Waals surface area contributed by atoms with E-state index in [1.807, 2.05) is 37.3 Å². The molecule has 4 aromatic rings. The molecule has 2 aromatic heterocycles. The molecule has 0 unspecified atom stereocenters. The van der Waals surface area contributed by atoms with E-state index < -0.39 is 21.2 Å². The number of hydrogen-bond donors (Lipinski definition) is 1. The second-order valence-electron chi connectivity index (χ2n) is 6.87. The third-order valence-electron chi connectivity index (χ3n) is 4.66. The Morgan fingerprint density at radius 2 is 1.48 bits per heavy atom. The van der Waals surface area contributed by atoms with E-state index in [9.17, 15) is 22.0 Å². The molecule has 31 heavy (non-hydrogen) atoms. The second kappa shape index (κ2) is 7.77. The van der Waals surface area contributed by atoms with Crippen molar-refractivity contribution in [2.75, 3.05) is 0 Å².